The van der Waals surface area contributed by atoms with E-state index in [9.17, 15) is 9.59 Å². The van der Waals surface area contributed by atoms with Crippen LogP contribution < -0.4 is 0 Å². The van der Waals surface area contributed by atoms with E-state index in [1.165, 1.54) is 0 Å². The van der Waals surface area contributed by atoms with Crippen LogP contribution in [0.15, 0.2) is 36.7 Å². The van der Waals surface area contributed by atoms with Crippen LogP contribution >= 0.6 is 23.2 Å². The molecule has 9 heteroatoms. The molecule has 0 spiro atoms. The number of carbonyl (C=O) groups excluding carboxylic acids is 2. The first-order valence-electron chi connectivity index (χ1n) is 10.6. The van der Waals surface area contributed by atoms with Gasteiger partial charge in [0.25, 0.3) is 0 Å². The minimum atomic E-state index is -0.175. The summed E-state index contributed by atoms with van der Waals surface area (Å²) in [6.45, 7) is 3.36. The number of hydrogen-bond donors (Lipinski definition) is 0. The molecule has 0 radical (unpaired) electrons. The van der Waals surface area contributed by atoms with Crippen LogP contribution in [0.5, 0.6) is 0 Å². The summed E-state index contributed by atoms with van der Waals surface area (Å²) in [7, 11) is 0. The molecule has 0 aliphatic carbocycles. The molecule has 0 unspecified atom stereocenters. The molecule has 0 N–H and O–H groups in total. The Labute approximate surface area is 196 Å². The normalized spacial score (nSPS) is 14.7. The van der Waals surface area contributed by atoms with Gasteiger partial charge in [-0.3, -0.25) is 14.6 Å². The van der Waals surface area contributed by atoms with Gasteiger partial charge in [-0.05, 0) is 43.5 Å². The summed E-state index contributed by atoms with van der Waals surface area (Å²) in [4.78, 5) is 35.8. The number of piperidine rings is 1. The largest absolute Gasteiger partial charge is 0.466 e. The lowest BCUT2D eigenvalue weighted by Gasteiger charge is -2.31. The van der Waals surface area contributed by atoms with Crippen LogP contribution in [0, 0.1) is 5.92 Å². The second-order valence-corrected chi connectivity index (χ2v) is 8.63. The number of hydrogen-bond acceptors (Lipinski definition) is 5. The fraction of sp³-hybridized carbons (Fsp3) is 0.391. The molecular formula is C23H24Cl2N4O3. The Morgan fingerprint density at radius 3 is 2.62 bits per heavy atom. The van der Waals surface area contributed by atoms with E-state index in [4.69, 9.17) is 32.9 Å². The second-order valence-electron chi connectivity index (χ2n) is 7.81. The van der Waals surface area contributed by atoms with Crippen LogP contribution in [0.2, 0.25) is 10.0 Å². The van der Waals surface area contributed by atoms with Crippen molar-refractivity contribution in [2.24, 2.45) is 5.92 Å². The molecule has 168 valence electrons. The van der Waals surface area contributed by atoms with Gasteiger partial charge in [-0.1, -0.05) is 29.3 Å². The van der Waals surface area contributed by atoms with Crippen molar-refractivity contribution in [3.63, 3.8) is 0 Å². The highest BCUT2D eigenvalue weighted by Crippen LogP contribution is 2.29. The van der Waals surface area contributed by atoms with Crippen molar-refractivity contribution in [3.8, 4) is 0 Å². The summed E-state index contributed by atoms with van der Waals surface area (Å²) in [5, 5.41) is 0.833. The lowest BCUT2D eigenvalue weighted by atomic mass is 9.97. The van der Waals surface area contributed by atoms with Crippen molar-refractivity contribution in [2.45, 2.75) is 32.7 Å². The number of imidazole rings is 1. The molecule has 1 aliphatic heterocycles. The van der Waals surface area contributed by atoms with E-state index in [-0.39, 0.29) is 24.3 Å². The third-order valence-corrected chi connectivity index (χ3v) is 6.44. The molecule has 4 rings (SSSR count). The Hall–Kier alpha value is -2.64. The standard InChI is InChI=1S/C23H24Cl2N4O3/c1-2-32-23(31)16-5-8-28(9-6-16)22(30)14-29-20-12-18(25)17(24)11-19(20)27-21(29)10-15-4-3-7-26-13-15/h3-4,7,11-13,16H,2,5-6,8-10,14H2,1H3. The first-order valence-corrected chi connectivity index (χ1v) is 11.4. The Kier molecular flexibility index (Phi) is 6.96. The summed E-state index contributed by atoms with van der Waals surface area (Å²) in [5.74, 6) is 0.395. The predicted molar refractivity (Wildman–Crippen MR) is 123 cm³/mol. The number of esters is 1. The molecule has 1 fully saturated rings. The summed E-state index contributed by atoms with van der Waals surface area (Å²) in [6.07, 6.45) is 5.25. The highest BCUT2D eigenvalue weighted by molar-refractivity contribution is 6.42. The molecule has 1 aliphatic rings. The van der Waals surface area contributed by atoms with Crippen molar-refractivity contribution in [3.05, 3.63) is 58.1 Å². The number of nitrogens with zero attached hydrogens (tertiary/aromatic N) is 4. The van der Waals surface area contributed by atoms with Crippen LogP contribution in [0.4, 0.5) is 0 Å². The molecule has 0 bridgehead atoms. The van der Waals surface area contributed by atoms with E-state index >= 15 is 0 Å². The number of pyridine rings is 1. The molecular weight excluding hydrogens is 451 g/mol. The van der Waals surface area contributed by atoms with E-state index in [1.807, 2.05) is 16.7 Å². The third kappa shape index (κ3) is 4.89. The SMILES string of the molecule is CCOC(=O)C1CCN(C(=O)Cn2c(Cc3cccnc3)nc3cc(Cl)c(Cl)cc32)CC1. The quantitative estimate of drug-likeness (QED) is 0.501. The number of rotatable bonds is 6. The minimum absolute atomic E-state index is 0.0230. The summed E-state index contributed by atoms with van der Waals surface area (Å²) >= 11 is 12.5. The Morgan fingerprint density at radius 1 is 1.19 bits per heavy atom. The monoisotopic (exact) mass is 474 g/mol. The summed E-state index contributed by atoms with van der Waals surface area (Å²) < 4.78 is 7.01. The second kappa shape index (κ2) is 9.88. The average molecular weight is 475 g/mol. The first kappa shape index (κ1) is 22.6. The van der Waals surface area contributed by atoms with Crippen LogP contribution in [0.1, 0.15) is 31.2 Å². The van der Waals surface area contributed by atoms with Crippen molar-refractivity contribution in [1.82, 2.24) is 19.4 Å². The predicted octanol–water partition coefficient (Wildman–Crippen LogP) is 4.13. The van der Waals surface area contributed by atoms with Gasteiger partial charge in [0.1, 0.15) is 12.4 Å². The number of aromatic nitrogens is 3. The smallest absolute Gasteiger partial charge is 0.309 e. The molecule has 7 nitrogen and oxygen atoms in total. The maximum Gasteiger partial charge on any atom is 0.309 e. The van der Waals surface area contributed by atoms with Gasteiger partial charge in [0.2, 0.25) is 5.91 Å². The number of benzene rings is 1. The topological polar surface area (TPSA) is 77.3 Å². The molecule has 1 saturated heterocycles. The van der Waals surface area contributed by atoms with Gasteiger partial charge in [-0.25, -0.2) is 4.98 Å². The highest BCUT2D eigenvalue weighted by Gasteiger charge is 2.29. The van der Waals surface area contributed by atoms with Gasteiger partial charge < -0.3 is 14.2 Å². The summed E-state index contributed by atoms with van der Waals surface area (Å²) in [5.41, 5.74) is 2.43. The van der Waals surface area contributed by atoms with Gasteiger partial charge in [-0.15, -0.1) is 0 Å². The minimum Gasteiger partial charge on any atom is -0.466 e. The maximum absolute atomic E-state index is 13.2. The van der Waals surface area contributed by atoms with Crippen LogP contribution in [-0.2, 0) is 27.3 Å². The third-order valence-electron chi connectivity index (χ3n) is 5.72. The molecule has 0 atom stereocenters. The van der Waals surface area contributed by atoms with Gasteiger partial charge in [0, 0.05) is 31.9 Å². The number of amides is 1. The van der Waals surface area contributed by atoms with Crippen LogP contribution in [0.25, 0.3) is 11.0 Å². The van der Waals surface area contributed by atoms with Crippen molar-refractivity contribution < 1.29 is 14.3 Å². The van der Waals surface area contributed by atoms with Crippen LogP contribution in [-0.4, -0.2) is 51.0 Å². The van der Waals surface area contributed by atoms with Gasteiger partial charge >= 0.3 is 5.97 Å². The number of carbonyl (C=O) groups is 2. The molecule has 2 aromatic heterocycles. The van der Waals surface area contributed by atoms with Crippen molar-refractivity contribution >= 4 is 46.1 Å². The summed E-state index contributed by atoms with van der Waals surface area (Å²) in [6, 6.07) is 7.31. The van der Waals surface area contributed by atoms with E-state index in [2.05, 4.69) is 4.98 Å². The lowest BCUT2D eigenvalue weighted by Crippen LogP contribution is -2.42. The number of ether oxygens (including phenoxy) is 1. The van der Waals surface area contributed by atoms with E-state index in [1.54, 1.807) is 36.4 Å². The fourth-order valence-electron chi connectivity index (χ4n) is 4.03. The van der Waals surface area contributed by atoms with E-state index in [0.29, 0.717) is 54.5 Å². The van der Waals surface area contributed by atoms with Crippen molar-refractivity contribution in [2.75, 3.05) is 19.7 Å². The number of halogens is 2. The maximum atomic E-state index is 13.2. The number of fused-ring (bicyclic) bond motifs is 1. The zero-order chi connectivity index (χ0) is 22.7. The van der Waals surface area contributed by atoms with Gasteiger partial charge in [-0.2, -0.15) is 0 Å². The Bertz CT molecular complexity index is 1130. The molecule has 32 heavy (non-hydrogen) atoms. The zero-order valence-corrected chi connectivity index (χ0v) is 19.3. The Morgan fingerprint density at radius 2 is 1.94 bits per heavy atom. The Balaban J connectivity index is 1.56. The molecule has 1 amide bonds. The van der Waals surface area contributed by atoms with Gasteiger partial charge in [0.05, 0.1) is 33.6 Å². The van der Waals surface area contributed by atoms with E-state index in [0.717, 1.165) is 16.9 Å². The van der Waals surface area contributed by atoms with E-state index < -0.39 is 0 Å². The van der Waals surface area contributed by atoms with Gasteiger partial charge in [0.15, 0.2) is 0 Å². The average Bonchev–Trinajstić information content (AvgIpc) is 3.10. The van der Waals surface area contributed by atoms with Crippen molar-refractivity contribution in [1.29, 1.82) is 0 Å². The zero-order valence-electron chi connectivity index (χ0n) is 17.8. The van der Waals surface area contributed by atoms with Crippen LogP contribution in [0.3, 0.4) is 0 Å². The first-order chi connectivity index (χ1) is 15.5. The molecule has 3 aromatic rings. The lowest BCUT2D eigenvalue weighted by molar-refractivity contribution is -0.151. The fourth-order valence-corrected chi connectivity index (χ4v) is 4.34. The number of likely N-dealkylation sites (tertiary alicyclic amines) is 1. The molecule has 0 saturated carbocycles. The highest BCUT2D eigenvalue weighted by atomic mass is 35.5. The molecule has 3 heterocycles. The molecule has 1 aromatic carbocycles.